The molecule has 0 heterocycles. The van der Waals surface area contributed by atoms with Gasteiger partial charge in [-0.25, -0.2) is 0 Å². The van der Waals surface area contributed by atoms with Crippen LogP contribution in [0.1, 0.15) is 0 Å². The van der Waals surface area contributed by atoms with E-state index in [0.717, 1.165) is 8.95 Å². The zero-order chi connectivity index (χ0) is 7.72. The minimum atomic E-state index is 0.654. The maximum absolute atomic E-state index is 5.75. The number of anilines is 1. The molecule has 0 aromatic heterocycles. The fourth-order valence-electron chi connectivity index (χ4n) is 0.541. The zero-order valence-corrected chi connectivity index (χ0v) is 8.79. The molecule has 2 N–H and O–H groups in total. The van der Waals surface area contributed by atoms with Gasteiger partial charge in [0.25, 0.3) is 0 Å². The lowest BCUT2D eigenvalue weighted by Crippen LogP contribution is -1.86. The third-order valence-corrected chi connectivity index (χ3v) is 3.82. The van der Waals surface area contributed by atoms with Crippen molar-refractivity contribution < 1.29 is 0 Å². The molecule has 0 saturated carbocycles. The Labute approximate surface area is 80.8 Å². The van der Waals surface area contributed by atoms with Crippen LogP contribution < -0.4 is 5.73 Å². The Morgan fingerprint density at radius 3 is 2.30 bits per heavy atom. The second kappa shape index (κ2) is 3.11. The second-order valence-electron chi connectivity index (χ2n) is 1.76. The van der Waals surface area contributed by atoms with Gasteiger partial charge in [0.05, 0.1) is 14.0 Å². The fraction of sp³-hybridized carbons (Fsp3) is 0. The summed E-state index contributed by atoms with van der Waals surface area (Å²) in [6.45, 7) is 0. The van der Waals surface area contributed by atoms with E-state index in [2.05, 4.69) is 31.9 Å². The van der Waals surface area contributed by atoms with Crippen molar-refractivity contribution in [1.82, 2.24) is 0 Å². The van der Waals surface area contributed by atoms with Gasteiger partial charge in [-0.05, 0) is 44.0 Å². The van der Waals surface area contributed by atoms with Crippen molar-refractivity contribution in [3.8, 4) is 0 Å². The first-order valence-electron chi connectivity index (χ1n) is 2.52. The van der Waals surface area contributed by atoms with Crippen molar-refractivity contribution in [2.24, 2.45) is 0 Å². The maximum Gasteiger partial charge on any atom is 0.0562 e. The van der Waals surface area contributed by atoms with E-state index in [1.54, 1.807) is 12.1 Å². The molecule has 0 saturated heterocycles. The van der Waals surface area contributed by atoms with Crippen LogP contribution in [0.2, 0.25) is 5.02 Å². The SMILES string of the molecule is Nc1ccc(Cl)c(Br)c1Br. The molecule has 1 rings (SSSR count). The Bertz CT molecular complexity index is 235. The molecule has 10 heavy (non-hydrogen) atoms. The van der Waals surface area contributed by atoms with Crippen LogP contribution in [0.3, 0.4) is 0 Å². The number of nitrogen functional groups attached to an aromatic ring is 1. The third-order valence-electron chi connectivity index (χ3n) is 1.07. The van der Waals surface area contributed by atoms with Gasteiger partial charge >= 0.3 is 0 Å². The molecule has 0 bridgehead atoms. The molecule has 0 aliphatic heterocycles. The highest BCUT2D eigenvalue weighted by Crippen LogP contribution is 2.34. The quantitative estimate of drug-likeness (QED) is 0.573. The Hall–Kier alpha value is 0.270. The molecule has 0 atom stereocenters. The highest BCUT2D eigenvalue weighted by Gasteiger charge is 2.03. The number of rotatable bonds is 0. The van der Waals surface area contributed by atoms with E-state index in [0.29, 0.717) is 10.7 Å². The van der Waals surface area contributed by atoms with Crippen LogP contribution in [-0.2, 0) is 0 Å². The summed E-state index contributed by atoms with van der Waals surface area (Å²) >= 11 is 12.3. The predicted molar refractivity (Wildman–Crippen MR) is 51.3 cm³/mol. The van der Waals surface area contributed by atoms with Crippen LogP contribution in [0.5, 0.6) is 0 Å². The molecule has 0 aliphatic rings. The summed E-state index contributed by atoms with van der Waals surface area (Å²) in [5, 5.41) is 0.654. The Morgan fingerprint density at radius 1 is 1.20 bits per heavy atom. The van der Waals surface area contributed by atoms with Crippen LogP contribution in [0.4, 0.5) is 5.69 Å². The summed E-state index contributed by atoms with van der Waals surface area (Å²) in [5.74, 6) is 0. The van der Waals surface area contributed by atoms with Gasteiger partial charge in [-0.1, -0.05) is 11.6 Å². The van der Waals surface area contributed by atoms with Crippen molar-refractivity contribution in [3.63, 3.8) is 0 Å². The molecular weight excluding hydrogens is 281 g/mol. The Kier molecular flexibility index (Phi) is 2.61. The van der Waals surface area contributed by atoms with Crippen LogP contribution >= 0.6 is 43.5 Å². The molecule has 0 fully saturated rings. The average molecular weight is 285 g/mol. The van der Waals surface area contributed by atoms with Gasteiger partial charge in [0.1, 0.15) is 0 Å². The van der Waals surface area contributed by atoms with Gasteiger partial charge < -0.3 is 5.73 Å². The van der Waals surface area contributed by atoms with E-state index in [4.69, 9.17) is 17.3 Å². The van der Waals surface area contributed by atoms with Gasteiger partial charge in [-0.3, -0.25) is 0 Å². The molecule has 54 valence electrons. The molecule has 0 aliphatic carbocycles. The van der Waals surface area contributed by atoms with Crippen molar-refractivity contribution in [3.05, 3.63) is 26.1 Å². The van der Waals surface area contributed by atoms with E-state index >= 15 is 0 Å². The first-order valence-corrected chi connectivity index (χ1v) is 4.48. The summed E-state index contributed by atoms with van der Waals surface area (Å²) in [6, 6.07) is 3.49. The van der Waals surface area contributed by atoms with Gasteiger partial charge in [-0.15, -0.1) is 0 Å². The number of nitrogens with two attached hydrogens (primary N) is 1. The lowest BCUT2D eigenvalue weighted by atomic mass is 10.3. The molecule has 0 radical (unpaired) electrons. The standard InChI is InChI=1S/C6H4Br2ClN/c7-5-3(9)1-2-4(10)6(5)8/h1-2H,10H2. The van der Waals surface area contributed by atoms with Crippen LogP contribution in [0, 0.1) is 0 Å². The van der Waals surface area contributed by atoms with Gasteiger partial charge in [0.2, 0.25) is 0 Å². The zero-order valence-electron chi connectivity index (χ0n) is 4.87. The minimum absolute atomic E-state index is 0.654. The van der Waals surface area contributed by atoms with E-state index in [-0.39, 0.29) is 0 Å². The Balaban J connectivity index is 3.34. The fourth-order valence-corrected chi connectivity index (χ4v) is 1.52. The topological polar surface area (TPSA) is 26.0 Å². The minimum Gasteiger partial charge on any atom is -0.398 e. The second-order valence-corrected chi connectivity index (χ2v) is 3.76. The summed E-state index contributed by atoms with van der Waals surface area (Å²) < 4.78 is 1.61. The number of benzene rings is 1. The number of halogens is 3. The van der Waals surface area contributed by atoms with Crippen molar-refractivity contribution in [1.29, 1.82) is 0 Å². The van der Waals surface area contributed by atoms with Crippen molar-refractivity contribution in [2.45, 2.75) is 0 Å². The molecule has 4 heteroatoms. The summed E-state index contributed by atoms with van der Waals surface area (Å²) in [7, 11) is 0. The van der Waals surface area contributed by atoms with E-state index in [9.17, 15) is 0 Å². The first kappa shape index (κ1) is 8.37. The maximum atomic E-state index is 5.75. The number of hydrogen-bond donors (Lipinski definition) is 1. The monoisotopic (exact) mass is 283 g/mol. The van der Waals surface area contributed by atoms with Crippen LogP contribution in [-0.4, -0.2) is 0 Å². The smallest absolute Gasteiger partial charge is 0.0562 e. The van der Waals surface area contributed by atoms with E-state index in [1.807, 2.05) is 0 Å². The van der Waals surface area contributed by atoms with Crippen molar-refractivity contribution >= 4 is 49.1 Å². The largest absolute Gasteiger partial charge is 0.398 e. The summed E-state index contributed by atoms with van der Waals surface area (Å²) in [4.78, 5) is 0. The predicted octanol–water partition coefficient (Wildman–Crippen LogP) is 3.45. The van der Waals surface area contributed by atoms with E-state index in [1.165, 1.54) is 0 Å². The molecule has 0 unspecified atom stereocenters. The van der Waals surface area contributed by atoms with Crippen molar-refractivity contribution in [2.75, 3.05) is 5.73 Å². The molecular formula is C6H4Br2ClN. The van der Waals surface area contributed by atoms with E-state index < -0.39 is 0 Å². The highest BCUT2D eigenvalue weighted by molar-refractivity contribution is 9.13. The lowest BCUT2D eigenvalue weighted by Gasteiger charge is -2.01. The van der Waals surface area contributed by atoms with Crippen LogP contribution in [0.25, 0.3) is 0 Å². The summed E-state index contributed by atoms with van der Waals surface area (Å²) in [6.07, 6.45) is 0. The Morgan fingerprint density at radius 2 is 1.80 bits per heavy atom. The molecule has 1 aromatic carbocycles. The van der Waals surface area contributed by atoms with Crippen LogP contribution in [0.15, 0.2) is 21.1 Å². The average Bonchev–Trinajstić information content (AvgIpc) is 1.93. The normalized spacial score (nSPS) is 9.90. The van der Waals surface area contributed by atoms with Gasteiger partial charge in [0, 0.05) is 5.69 Å². The molecule has 0 spiro atoms. The molecule has 1 aromatic rings. The summed E-state index contributed by atoms with van der Waals surface area (Å²) in [5.41, 5.74) is 6.23. The lowest BCUT2D eigenvalue weighted by molar-refractivity contribution is 1.58. The van der Waals surface area contributed by atoms with Gasteiger partial charge in [0.15, 0.2) is 0 Å². The van der Waals surface area contributed by atoms with Gasteiger partial charge in [-0.2, -0.15) is 0 Å². The molecule has 1 nitrogen and oxygen atoms in total. The first-order chi connectivity index (χ1) is 4.63. The third kappa shape index (κ3) is 1.47. The number of hydrogen-bond acceptors (Lipinski definition) is 1. The molecule has 0 amide bonds. The highest BCUT2D eigenvalue weighted by atomic mass is 79.9.